The van der Waals surface area contributed by atoms with E-state index in [1.165, 1.54) is 0 Å². The van der Waals surface area contributed by atoms with Crippen molar-refractivity contribution in [3.63, 3.8) is 0 Å². The number of hydrogen-bond donors (Lipinski definition) is 2. The van der Waals surface area contributed by atoms with Crippen molar-refractivity contribution in [3.8, 4) is 11.5 Å². The van der Waals surface area contributed by atoms with Crippen LogP contribution in [0.25, 0.3) is 6.08 Å². The summed E-state index contributed by atoms with van der Waals surface area (Å²) in [5.41, 5.74) is 2.80. The molecular formula is C22H21BrN2O4. The minimum Gasteiger partial charge on any atom is -0.490 e. The monoisotopic (exact) mass is 456 g/mol. The molecule has 1 aliphatic rings. The molecule has 29 heavy (non-hydrogen) atoms. The van der Waals surface area contributed by atoms with Gasteiger partial charge in [-0.3, -0.25) is 10.1 Å². The van der Waals surface area contributed by atoms with Gasteiger partial charge in [0.15, 0.2) is 11.5 Å². The van der Waals surface area contributed by atoms with E-state index in [0.717, 1.165) is 15.6 Å². The summed E-state index contributed by atoms with van der Waals surface area (Å²) in [4.78, 5) is 23.2. The highest BCUT2D eigenvalue weighted by molar-refractivity contribution is 9.10. The molecule has 2 aromatic carbocycles. The fourth-order valence-corrected chi connectivity index (χ4v) is 3.15. The summed E-state index contributed by atoms with van der Waals surface area (Å²) >= 11 is 3.43. The van der Waals surface area contributed by atoms with Crippen LogP contribution >= 0.6 is 15.9 Å². The first-order valence-electron chi connectivity index (χ1n) is 9.12. The molecule has 2 N–H and O–H groups in total. The number of rotatable bonds is 8. The van der Waals surface area contributed by atoms with Gasteiger partial charge in [0.25, 0.3) is 5.91 Å². The summed E-state index contributed by atoms with van der Waals surface area (Å²) in [5.74, 6) is 0.742. The average molecular weight is 457 g/mol. The first-order valence-corrected chi connectivity index (χ1v) is 9.91. The number of carbonyl (C=O) groups is 2. The molecule has 0 radical (unpaired) electrons. The molecule has 0 spiro atoms. The number of nitrogens with one attached hydrogen (secondary N) is 2. The Hall–Kier alpha value is -3.06. The van der Waals surface area contributed by atoms with Gasteiger partial charge >= 0.3 is 6.03 Å². The molecule has 1 aliphatic heterocycles. The minimum atomic E-state index is -0.535. The quantitative estimate of drug-likeness (QED) is 0.352. The first kappa shape index (κ1) is 20.7. The van der Waals surface area contributed by atoms with Crippen molar-refractivity contribution in [2.24, 2.45) is 0 Å². The Morgan fingerprint density at radius 3 is 2.48 bits per heavy atom. The van der Waals surface area contributed by atoms with E-state index in [1.54, 1.807) is 18.2 Å². The number of benzene rings is 2. The van der Waals surface area contributed by atoms with Crippen LogP contribution < -0.4 is 20.1 Å². The molecule has 7 heteroatoms. The highest BCUT2D eigenvalue weighted by atomic mass is 79.9. The highest BCUT2D eigenvalue weighted by Crippen LogP contribution is 2.35. The predicted octanol–water partition coefficient (Wildman–Crippen LogP) is 4.34. The molecular weight excluding hydrogens is 436 g/mol. The van der Waals surface area contributed by atoms with E-state index in [9.17, 15) is 9.59 Å². The van der Waals surface area contributed by atoms with Crippen LogP contribution in [0.2, 0.25) is 0 Å². The number of carbonyl (C=O) groups excluding carboxylic acids is 2. The third-order valence-corrected chi connectivity index (χ3v) is 4.67. The SMILES string of the molecule is C=CCc1cc(/C=C2/NC(=O)NC2=O)cc(OCC)c1OCc1ccc(Br)cc1. The molecule has 150 valence electrons. The highest BCUT2D eigenvalue weighted by Gasteiger charge is 2.23. The van der Waals surface area contributed by atoms with Crippen LogP contribution in [0.3, 0.4) is 0 Å². The van der Waals surface area contributed by atoms with Crippen LogP contribution in [0.1, 0.15) is 23.6 Å². The van der Waals surface area contributed by atoms with Gasteiger partial charge in [-0.1, -0.05) is 34.1 Å². The van der Waals surface area contributed by atoms with Gasteiger partial charge in [-0.15, -0.1) is 6.58 Å². The molecule has 3 rings (SSSR count). The van der Waals surface area contributed by atoms with E-state index in [0.29, 0.717) is 36.7 Å². The molecule has 2 aromatic rings. The molecule has 0 bridgehead atoms. The second kappa shape index (κ2) is 9.43. The maximum atomic E-state index is 11.8. The van der Waals surface area contributed by atoms with E-state index < -0.39 is 11.9 Å². The van der Waals surface area contributed by atoms with Crippen LogP contribution in [0.4, 0.5) is 4.79 Å². The number of hydrogen-bond acceptors (Lipinski definition) is 4. The van der Waals surface area contributed by atoms with Crippen molar-refractivity contribution in [1.82, 2.24) is 10.6 Å². The normalized spacial score (nSPS) is 14.5. The van der Waals surface area contributed by atoms with Gasteiger partial charge in [0.1, 0.15) is 12.3 Å². The lowest BCUT2D eigenvalue weighted by Gasteiger charge is -2.17. The Balaban J connectivity index is 1.94. The van der Waals surface area contributed by atoms with Gasteiger partial charge in [-0.25, -0.2) is 4.79 Å². The van der Waals surface area contributed by atoms with E-state index in [-0.39, 0.29) is 5.70 Å². The molecule has 1 saturated heterocycles. The number of amides is 3. The molecule has 3 amide bonds. The second-order valence-electron chi connectivity index (χ2n) is 6.31. The maximum Gasteiger partial charge on any atom is 0.326 e. The van der Waals surface area contributed by atoms with Gasteiger partial charge in [-0.05, 0) is 54.8 Å². The van der Waals surface area contributed by atoms with Crippen LogP contribution in [0.5, 0.6) is 11.5 Å². The number of halogens is 1. The Labute approximate surface area is 177 Å². The van der Waals surface area contributed by atoms with Gasteiger partial charge in [0.2, 0.25) is 0 Å². The maximum absolute atomic E-state index is 11.8. The van der Waals surface area contributed by atoms with Crippen LogP contribution in [-0.4, -0.2) is 18.5 Å². The third kappa shape index (κ3) is 5.26. The van der Waals surface area contributed by atoms with E-state index in [2.05, 4.69) is 33.1 Å². The lowest BCUT2D eigenvalue weighted by atomic mass is 10.0. The predicted molar refractivity (Wildman–Crippen MR) is 115 cm³/mol. The fourth-order valence-electron chi connectivity index (χ4n) is 2.89. The third-order valence-electron chi connectivity index (χ3n) is 4.15. The van der Waals surface area contributed by atoms with Crippen molar-refractivity contribution in [3.05, 3.63) is 75.9 Å². The summed E-state index contributed by atoms with van der Waals surface area (Å²) in [5, 5.41) is 4.67. The Kier molecular flexibility index (Phi) is 6.72. The molecule has 1 heterocycles. The second-order valence-corrected chi connectivity index (χ2v) is 7.23. The lowest BCUT2D eigenvalue weighted by Crippen LogP contribution is -2.22. The van der Waals surface area contributed by atoms with E-state index in [1.807, 2.05) is 37.3 Å². The Morgan fingerprint density at radius 2 is 1.86 bits per heavy atom. The average Bonchev–Trinajstić information content (AvgIpc) is 3.00. The Bertz CT molecular complexity index is 968. The molecule has 0 saturated carbocycles. The molecule has 0 atom stereocenters. The van der Waals surface area contributed by atoms with Crippen LogP contribution in [0, 0.1) is 0 Å². The first-order chi connectivity index (χ1) is 14.0. The van der Waals surface area contributed by atoms with E-state index in [4.69, 9.17) is 9.47 Å². The van der Waals surface area contributed by atoms with Crippen molar-refractivity contribution < 1.29 is 19.1 Å². The van der Waals surface area contributed by atoms with Crippen molar-refractivity contribution in [1.29, 1.82) is 0 Å². The molecule has 0 aromatic heterocycles. The largest absolute Gasteiger partial charge is 0.490 e. The zero-order chi connectivity index (χ0) is 20.8. The standard InChI is InChI=1S/C22H21BrN2O4/c1-3-5-16-10-15(11-18-21(26)25-22(27)24-18)12-19(28-4-2)20(16)29-13-14-6-8-17(23)9-7-14/h3,6-12H,1,4-5,13H2,2H3,(H2,24,25,26,27)/b18-11+. The summed E-state index contributed by atoms with van der Waals surface area (Å²) in [6.45, 7) is 6.55. The van der Waals surface area contributed by atoms with Crippen molar-refractivity contribution >= 4 is 33.9 Å². The zero-order valence-electron chi connectivity index (χ0n) is 16.0. The topological polar surface area (TPSA) is 76.7 Å². The van der Waals surface area contributed by atoms with Crippen molar-refractivity contribution in [2.75, 3.05) is 6.61 Å². The van der Waals surface area contributed by atoms with Gasteiger partial charge < -0.3 is 14.8 Å². The molecule has 0 unspecified atom stereocenters. The summed E-state index contributed by atoms with van der Waals surface area (Å²) in [6.07, 6.45) is 3.94. The number of imide groups is 1. The smallest absolute Gasteiger partial charge is 0.326 e. The van der Waals surface area contributed by atoms with Crippen LogP contribution in [0.15, 0.2) is 59.2 Å². The summed E-state index contributed by atoms with van der Waals surface area (Å²) < 4.78 is 12.9. The number of urea groups is 1. The Morgan fingerprint density at radius 1 is 1.10 bits per heavy atom. The van der Waals surface area contributed by atoms with Crippen LogP contribution in [-0.2, 0) is 17.8 Å². The molecule has 0 aliphatic carbocycles. The summed E-state index contributed by atoms with van der Waals surface area (Å²) in [7, 11) is 0. The molecule has 6 nitrogen and oxygen atoms in total. The number of ether oxygens (including phenoxy) is 2. The minimum absolute atomic E-state index is 0.186. The van der Waals surface area contributed by atoms with Gasteiger partial charge in [0, 0.05) is 10.0 Å². The number of allylic oxidation sites excluding steroid dienone is 1. The van der Waals surface area contributed by atoms with E-state index >= 15 is 0 Å². The van der Waals surface area contributed by atoms with Gasteiger partial charge in [0.05, 0.1) is 6.61 Å². The van der Waals surface area contributed by atoms with Crippen molar-refractivity contribution in [2.45, 2.75) is 20.0 Å². The van der Waals surface area contributed by atoms with Gasteiger partial charge in [-0.2, -0.15) is 0 Å². The fraction of sp³-hybridized carbons (Fsp3) is 0.182. The summed E-state index contributed by atoms with van der Waals surface area (Å²) in [6, 6.07) is 11.0. The molecule has 1 fully saturated rings. The zero-order valence-corrected chi connectivity index (χ0v) is 17.5. The lowest BCUT2D eigenvalue weighted by molar-refractivity contribution is -0.115.